The first-order chi connectivity index (χ1) is 18.7. The minimum absolute atomic E-state index is 0.00555. The maximum absolute atomic E-state index is 13.8. The average Bonchev–Trinajstić information content (AvgIpc) is 2.88. The predicted octanol–water partition coefficient (Wildman–Crippen LogP) is 5.69. The molecule has 0 heterocycles. The second-order valence-electron chi connectivity index (χ2n) is 10.2. The number of rotatable bonds is 10. The number of halogens is 4. The smallest absolute Gasteiger partial charge is 0.352 e. The summed E-state index contributed by atoms with van der Waals surface area (Å²) in [7, 11) is -4.20. The van der Waals surface area contributed by atoms with Gasteiger partial charge in [0.1, 0.15) is 12.6 Å². The van der Waals surface area contributed by atoms with Gasteiger partial charge in [0.2, 0.25) is 21.8 Å². The third kappa shape index (κ3) is 8.36. The van der Waals surface area contributed by atoms with E-state index in [4.69, 9.17) is 11.6 Å². The van der Waals surface area contributed by atoms with Crippen molar-refractivity contribution in [3.05, 3.63) is 64.2 Å². The Hall–Kier alpha value is -2.79. The molecular formula is C28H35ClF3N3O4S. The Morgan fingerprint density at radius 3 is 2.25 bits per heavy atom. The van der Waals surface area contributed by atoms with Crippen molar-refractivity contribution in [3.8, 4) is 0 Å². The molecule has 1 aliphatic carbocycles. The highest BCUT2D eigenvalue weighted by Crippen LogP contribution is 2.37. The summed E-state index contributed by atoms with van der Waals surface area (Å²) >= 11 is 5.72. The number of hydrogen-bond acceptors (Lipinski definition) is 4. The van der Waals surface area contributed by atoms with Crippen LogP contribution in [0.4, 0.5) is 18.9 Å². The summed E-state index contributed by atoms with van der Waals surface area (Å²) in [6, 6.07) is 9.08. The lowest BCUT2D eigenvalue weighted by atomic mass is 9.95. The van der Waals surface area contributed by atoms with Crippen LogP contribution in [0.15, 0.2) is 42.5 Å². The second kappa shape index (κ2) is 13.2. The van der Waals surface area contributed by atoms with Gasteiger partial charge in [-0.3, -0.25) is 13.9 Å². The van der Waals surface area contributed by atoms with Gasteiger partial charge in [-0.25, -0.2) is 8.42 Å². The lowest BCUT2D eigenvalue weighted by Crippen LogP contribution is -2.54. The molecule has 0 aromatic heterocycles. The van der Waals surface area contributed by atoms with E-state index in [2.05, 4.69) is 5.32 Å². The Labute approximate surface area is 238 Å². The molecule has 1 atom stereocenters. The van der Waals surface area contributed by atoms with Gasteiger partial charge in [-0.05, 0) is 49.9 Å². The van der Waals surface area contributed by atoms with Crippen LogP contribution >= 0.6 is 11.6 Å². The third-order valence-corrected chi connectivity index (χ3v) is 8.50. The van der Waals surface area contributed by atoms with E-state index >= 15 is 0 Å². The number of amides is 2. The zero-order chi connectivity index (χ0) is 29.7. The van der Waals surface area contributed by atoms with Crippen LogP contribution in [0.1, 0.15) is 62.1 Å². The Morgan fingerprint density at radius 1 is 1.07 bits per heavy atom. The molecule has 2 aromatic carbocycles. The first kappa shape index (κ1) is 31.7. The third-order valence-electron chi connectivity index (χ3n) is 7.03. The van der Waals surface area contributed by atoms with Gasteiger partial charge >= 0.3 is 6.18 Å². The number of carbonyl (C=O) groups is 2. The Bertz CT molecular complexity index is 1300. The van der Waals surface area contributed by atoms with Crippen LogP contribution < -0.4 is 9.62 Å². The molecule has 0 bridgehead atoms. The van der Waals surface area contributed by atoms with Gasteiger partial charge < -0.3 is 10.2 Å². The normalized spacial score (nSPS) is 15.4. The van der Waals surface area contributed by atoms with Gasteiger partial charge in [-0.1, -0.05) is 67.6 Å². The number of anilines is 1. The van der Waals surface area contributed by atoms with Crippen LogP contribution in [0, 0.1) is 6.92 Å². The van der Waals surface area contributed by atoms with Crippen molar-refractivity contribution in [3.63, 3.8) is 0 Å². The molecule has 1 saturated carbocycles. The van der Waals surface area contributed by atoms with Gasteiger partial charge in [-0.15, -0.1) is 0 Å². The maximum atomic E-state index is 13.8. The number of hydrogen-bond donors (Lipinski definition) is 1. The first-order valence-electron chi connectivity index (χ1n) is 13.2. The molecule has 1 N–H and O–H groups in total. The predicted molar refractivity (Wildman–Crippen MR) is 149 cm³/mol. The molecule has 1 aliphatic rings. The highest BCUT2D eigenvalue weighted by atomic mass is 35.5. The number of benzene rings is 2. The standard InChI is InChI=1S/C28H35ClF3N3O4S/c1-4-25(27(37)33-21-8-6-5-7-9-21)34(17-20-12-10-19(2)11-13-20)26(36)18-35(40(3,38)39)22-14-15-24(29)23(16-22)28(30,31)32/h10-16,21,25H,4-9,17-18H2,1-3H3,(H,33,37)/t25-/m0/s1. The summed E-state index contributed by atoms with van der Waals surface area (Å²) in [5.41, 5.74) is 0.139. The number of alkyl halides is 3. The Kier molecular flexibility index (Phi) is 10.5. The van der Waals surface area contributed by atoms with E-state index in [1.165, 1.54) is 4.90 Å². The van der Waals surface area contributed by atoms with Crippen molar-refractivity contribution >= 4 is 39.1 Å². The summed E-state index contributed by atoms with van der Waals surface area (Å²) < 4.78 is 66.6. The number of nitrogens with one attached hydrogen (secondary N) is 1. The minimum atomic E-state index is -4.83. The zero-order valence-corrected chi connectivity index (χ0v) is 24.4. The minimum Gasteiger partial charge on any atom is -0.352 e. The van der Waals surface area contributed by atoms with Crippen molar-refractivity contribution in [2.24, 2.45) is 0 Å². The monoisotopic (exact) mass is 601 g/mol. The number of carbonyl (C=O) groups excluding carboxylic acids is 2. The van der Waals surface area contributed by atoms with Crippen molar-refractivity contribution < 1.29 is 31.2 Å². The van der Waals surface area contributed by atoms with Crippen molar-refractivity contribution in [2.45, 2.75) is 77.2 Å². The molecule has 3 rings (SSSR count). The first-order valence-corrected chi connectivity index (χ1v) is 15.4. The lowest BCUT2D eigenvalue weighted by Gasteiger charge is -2.34. The van der Waals surface area contributed by atoms with E-state index in [0.29, 0.717) is 10.4 Å². The van der Waals surface area contributed by atoms with Crippen molar-refractivity contribution in [1.82, 2.24) is 10.2 Å². The average molecular weight is 602 g/mol. The molecule has 2 aromatic rings. The molecule has 0 radical (unpaired) electrons. The summed E-state index contributed by atoms with van der Waals surface area (Å²) in [6.07, 6.45) is 1.01. The Balaban J connectivity index is 1.96. The van der Waals surface area contributed by atoms with E-state index in [1.54, 1.807) is 6.92 Å². The van der Waals surface area contributed by atoms with E-state index in [9.17, 15) is 31.2 Å². The molecule has 40 heavy (non-hydrogen) atoms. The highest BCUT2D eigenvalue weighted by Gasteiger charge is 2.36. The van der Waals surface area contributed by atoms with Crippen LogP contribution in [-0.2, 0) is 32.3 Å². The van der Waals surface area contributed by atoms with E-state index < -0.39 is 45.3 Å². The molecule has 0 aliphatic heterocycles. The maximum Gasteiger partial charge on any atom is 0.417 e. The number of aryl methyl sites for hydroxylation is 1. The van der Waals surface area contributed by atoms with Gasteiger partial charge in [0.15, 0.2) is 0 Å². The fourth-order valence-corrected chi connectivity index (χ4v) is 5.92. The van der Waals surface area contributed by atoms with Gasteiger partial charge in [-0.2, -0.15) is 13.2 Å². The fourth-order valence-electron chi connectivity index (χ4n) is 4.85. The van der Waals surface area contributed by atoms with E-state index in [0.717, 1.165) is 61.6 Å². The summed E-state index contributed by atoms with van der Waals surface area (Å²) in [5.74, 6) is -1.06. The van der Waals surface area contributed by atoms with E-state index in [1.807, 2.05) is 31.2 Å². The quantitative estimate of drug-likeness (QED) is 0.379. The molecule has 7 nitrogen and oxygen atoms in total. The summed E-state index contributed by atoms with van der Waals surface area (Å²) in [5, 5.41) is 2.45. The second-order valence-corrected chi connectivity index (χ2v) is 12.5. The van der Waals surface area contributed by atoms with Crippen LogP contribution in [0.25, 0.3) is 0 Å². The number of nitrogens with zero attached hydrogens (tertiary/aromatic N) is 2. The van der Waals surface area contributed by atoms with Crippen LogP contribution in [0.2, 0.25) is 5.02 Å². The molecule has 220 valence electrons. The molecule has 2 amide bonds. The fraction of sp³-hybridized carbons (Fsp3) is 0.500. The van der Waals surface area contributed by atoms with E-state index in [-0.39, 0.29) is 30.6 Å². The molecule has 1 fully saturated rings. The molecule has 0 saturated heterocycles. The van der Waals surface area contributed by atoms with Crippen LogP contribution in [-0.4, -0.2) is 50.0 Å². The molecule has 0 unspecified atom stereocenters. The molecule has 0 spiro atoms. The van der Waals surface area contributed by atoms with Crippen molar-refractivity contribution in [2.75, 3.05) is 17.1 Å². The zero-order valence-electron chi connectivity index (χ0n) is 22.8. The van der Waals surface area contributed by atoms with Gasteiger partial charge in [0.05, 0.1) is 22.5 Å². The lowest BCUT2D eigenvalue weighted by molar-refractivity contribution is -0.140. The SMILES string of the molecule is CC[C@@H](C(=O)NC1CCCCC1)N(Cc1ccc(C)cc1)C(=O)CN(c1ccc(Cl)c(C(F)(F)F)c1)S(C)(=O)=O. The topological polar surface area (TPSA) is 86.8 Å². The summed E-state index contributed by atoms with van der Waals surface area (Å²) in [6.45, 7) is 2.88. The summed E-state index contributed by atoms with van der Waals surface area (Å²) in [4.78, 5) is 28.5. The highest BCUT2D eigenvalue weighted by molar-refractivity contribution is 7.92. The van der Waals surface area contributed by atoms with Crippen LogP contribution in [0.5, 0.6) is 0 Å². The molecule has 12 heteroatoms. The van der Waals surface area contributed by atoms with Gasteiger partial charge in [0, 0.05) is 12.6 Å². The number of sulfonamides is 1. The van der Waals surface area contributed by atoms with Crippen molar-refractivity contribution in [1.29, 1.82) is 0 Å². The molecular weight excluding hydrogens is 567 g/mol. The van der Waals surface area contributed by atoms with Crippen LogP contribution in [0.3, 0.4) is 0 Å². The largest absolute Gasteiger partial charge is 0.417 e. The van der Waals surface area contributed by atoms with Gasteiger partial charge in [0.25, 0.3) is 0 Å². The Morgan fingerprint density at radius 2 is 1.70 bits per heavy atom.